The van der Waals surface area contributed by atoms with E-state index >= 15 is 0 Å². The molecule has 1 rings (SSSR count). The Kier molecular flexibility index (Phi) is 22.4. The Morgan fingerprint density at radius 3 is 1.13 bits per heavy atom. The number of hydrogen-bond acceptors (Lipinski definition) is 4. The summed E-state index contributed by atoms with van der Waals surface area (Å²) in [6.45, 7) is 51.6. The Hall–Kier alpha value is 0.869. The van der Waals surface area contributed by atoms with Gasteiger partial charge in [-0.25, -0.2) is 0 Å². The molecule has 1 aliphatic heterocycles. The van der Waals surface area contributed by atoms with Gasteiger partial charge in [0.05, 0.1) is 0 Å². The Balaban J connectivity index is 4.42. The number of unbranched alkanes of at least 4 members (excludes halogenated alkanes) is 3. The molecule has 0 bridgehead atoms. The summed E-state index contributed by atoms with van der Waals surface area (Å²) >= 11 is -3.04. The summed E-state index contributed by atoms with van der Waals surface area (Å²) in [4.78, 5) is 0. The predicted octanol–water partition coefficient (Wildman–Crippen LogP) is 16.0. The van der Waals surface area contributed by atoms with Crippen LogP contribution in [0.25, 0.3) is 0 Å². The Bertz CT molecular complexity index is 967. The summed E-state index contributed by atoms with van der Waals surface area (Å²) in [5, 5.41) is 0. The monoisotopic (exact) mass is 905 g/mol. The van der Waals surface area contributed by atoms with Gasteiger partial charge in [-0.15, -0.1) is 0 Å². The molecular weight excluding hydrogens is 807 g/mol. The van der Waals surface area contributed by atoms with Gasteiger partial charge in [0.25, 0.3) is 0 Å². The quantitative estimate of drug-likeness (QED) is 0.0811. The average molecular weight is 904 g/mol. The topological polar surface area (TPSA) is 36.9 Å². The molecule has 0 amide bonds. The van der Waals surface area contributed by atoms with Crippen LogP contribution in [0.1, 0.15) is 184 Å². The van der Waals surface area contributed by atoms with Crippen molar-refractivity contribution >= 4 is 43.3 Å². The van der Waals surface area contributed by atoms with Gasteiger partial charge in [-0.1, -0.05) is 0 Å². The van der Waals surface area contributed by atoms with E-state index < -0.39 is 43.3 Å². The van der Waals surface area contributed by atoms with Crippen molar-refractivity contribution in [2.24, 2.45) is 0 Å². The third-order valence-electron chi connectivity index (χ3n) is 14.1. The second kappa shape index (κ2) is 22.9. The van der Waals surface area contributed by atoms with Gasteiger partial charge < -0.3 is 0 Å². The van der Waals surface area contributed by atoms with Crippen molar-refractivity contribution in [1.82, 2.24) is 0 Å². The van der Waals surface area contributed by atoms with Gasteiger partial charge in [0, 0.05) is 0 Å². The van der Waals surface area contributed by atoms with Crippen molar-refractivity contribution in [2.75, 3.05) is 6.61 Å². The van der Waals surface area contributed by atoms with Gasteiger partial charge in [0.15, 0.2) is 0 Å². The van der Waals surface area contributed by atoms with E-state index in [-0.39, 0.29) is 18.3 Å². The molecular formula is C45H96O4Si3Sn. The molecule has 0 saturated carbocycles. The molecule has 0 radical (unpaired) electrons. The van der Waals surface area contributed by atoms with Crippen LogP contribution in [0.15, 0.2) is 9.85 Å². The van der Waals surface area contributed by atoms with Crippen molar-refractivity contribution in [2.45, 2.75) is 265 Å². The molecule has 0 aromatic carbocycles. The predicted molar refractivity (Wildman–Crippen MR) is 247 cm³/mol. The molecule has 0 aromatic heterocycles. The molecule has 1 heterocycles. The Morgan fingerprint density at radius 1 is 0.509 bits per heavy atom. The van der Waals surface area contributed by atoms with Gasteiger partial charge >= 0.3 is 343 Å². The average Bonchev–Trinajstić information content (AvgIpc) is 3.05. The zero-order chi connectivity index (χ0) is 41.1. The van der Waals surface area contributed by atoms with Crippen LogP contribution >= 0.6 is 0 Å². The first-order valence-corrected chi connectivity index (χ1v) is 36.8. The van der Waals surface area contributed by atoms with Crippen molar-refractivity contribution < 1.29 is 18.0 Å². The summed E-state index contributed by atoms with van der Waals surface area (Å²) in [5.41, 5.74) is 4.47. The SMILES string of the molecule is CCC[CH2][Sn]([CH2]CCC)([CH2]CCC)[C]1=C[C@@H](O[Si](C(C)C)(C(C)C)C(C)C)[C@H](O[Si](C(C)C)(C(C)C)C(C)C)[C@@H](CO[Si](C(C)C)(C(C)C)C(C)C)O1. The molecule has 53 heavy (non-hydrogen) atoms. The van der Waals surface area contributed by atoms with Gasteiger partial charge in [-0.3, -0.25) is 0 Å². The van der Waals surface area contributed by atoms with Crippen LogP contribution in [0.4, 0.5) is 0 Å². The van der Waals surface area contributed by atoms with Crippen LogP contribution in [0.3, 0.4) is 0 Å². The molecule has 4 nitrogen and oxygen atoms in total. The summed E-state index contributed by atoms with van der Waals surface area (Å²) in [6.07, 6.45) is 9.87. The number of ether oxygens (including phenoxy) is 1. The summed E-state index contributed by atoms with van der Waals surface area (Å²) in [7, 11) is -6.80. The van der Waals surface area contributed by atoms with E-state index in [4.69, 9.17) is 18.0 Å². The van der Waals surface area contributed by atoms with Crippen molar-refractivity contribution in [3.05, 3.63) is 9.85 Å². The maximum absolute atomic E-state index is 8.07. The van der Waals surface area contributed by atoms with E-state index in [2.05, 4.69) is 151 Å². The van der Waals surface area contributed by atoms with Crippen LogP contribution in [-0.4, -0.2) is 68.2 Å². The third-order valence-corrected chi connectivity index (χ3v) is 47.4. The molecule has 316 valence electrons. The molecule has 0 saturated heterocycles. The third kappa shape index (κ3) is 11.8. The van der Waals surface area contributed by atoms with Crippen LogP contribution in [-0.2, 0) is 18.0 Å². The van der Waals surface area contributed by atoms with Crippen molar-refractivity contribution in [3.63, 3.8) is 0 Å². The first-order valence-electron chi connectivity index (χ1n) is 22.9. The summed E-state index contributed by atoms with van der Waals surface area (Å²) in [6, 6.07) is 0. The van der Waals surface area contributed by atoms with Gasteiger partial charge in [0.1, 0.15) is 0 Å². The minimum absolute atomic E-state index is 0.108. The molecule has 0 aliphatic carbocycles. The van der Waals surface area contributed by atoms with E-state index in [0.717, 1.165) is 0 Å². The first-order chi connectivity index (χ1) is 24.5. The summed E-state index contributed by atoms with van der Waals surface area (Å²) in [5.74, 6) is 0. The van der Waals surface area contributed by atoms with Crippen molar-refractivity contribution in [3.8, 4) is 0 Å². The number of rotatable bonds is 26. The molecule has 0 N–H and O–H groups in total. The van der Waals surface area contributed by atoms with E-state index in [0.29, 0.717) is 56.5 Å². The van der Waals surface area contributed by atoms with Crippen LogP contribution in [0, 0.1) is 0 Å². The fourth-order valence-corrected chi connectivity index (χ4v) is 43.9. The van der Waals surface area contributed by atoms with E-state index in [1.165, 1.54) is 55.6 Å². The fraction of sp³-hybridized carbons (Fsp3) is 0.956. The first kappa shape index (κ1) is 51.9. The fourth-order valence-electron chi connectivity index (χ4n) is 11.7. The van der Waals surface area contributed by atoms with Gasteiger partial charge in [0.2, 0.25) is 0 Å². The zero-order valence-corrected chi connectivity index (χ0v) is 45.6. The Morgan fingerprint density at radius 2 is 0.830 bits per heavy atom. The molecule has 3 atom stereocenters. The van der Waals surface area contributed by atoms with Gasteiger partial charge in [-0.05, 0) is 0 Å². The maximum atomic E-state index is 8.07. The Labute approximate surface area is 341 Å². The normalized spacial score (nSPS) is 19.7. The number of hydrogen-bond donors (Lipinski definition) is 0. The summed E-state index contributed by atoms with van der Waals surface area (Å²) < 4.78 is 37.1. The molecule has 0 unspecified atom stereocenters. The minimum atomic E-state index is -3.04. The standard InChI is InChI=1S/C33H69O4Si3.3C4H9.Sn/c1-22(2)38(23(3)4,24(5)6)35-21-32-33(37-40(28(13)14,29(15)16)30(17)18)31(19-20-34-32)36-39(25(7)8,26(9)10)27(11)12;3*1-3-4-2;/h19,22-33H,21H2,1-18H3;3*1,3-4H2,2H3;/t31-,32-,33+;;;;/m1..../s1. The zero-order valence-electron chi connectivity index (χ0n) is 39.7. The van der Waals surface area contributed by atoms with Crippen LogP contribution < -0.4 is 0 Å². The van der Waals surface area contributed by atoms with E-state index in [1.807, 2.05) is 0 Å². The van der Waals surface area contributed by atoms with Crippen LogP contribution in [0.5, 0.6) is 0 Å². The van der Waals surface area contributed by atoms with Crippen molar-refractivity contribution in [1.29, 1.82) is 0 Å². The van der Waals surface area contributed by atoms with Gasteiger partial charge in [-0.2, -0.15) is 0 Å². The molecule has 8 heteroatoms. The molecule has 0 fully saturated rings. The molecule has 0 spiro atoms. The molecule has 0 aromatic rings. The van der Waals surface area contributed by atoms with Crippen LogP contribution in [0.2, 0.25) is 63.2 Å². The second-order valence-electron chi connectivity index (χ2n) is 20.2. The molecule has 1 aliphatic rings. The second-order valence-corrected chi connectivity index (χ2v) is 49.5. The van der Waals surface area contributed by atoms with E-state index in [1.54, 1.807) is 0 Å². The van der Waals surface area contributed by atoms with E-state index in [9.17, 15) is 0 Å².